The zero-order valence-electron chi connectivity index (χ0n) is 11.8. The number of aliphatic hydroxyl groups is 1. The number of urea groups is 1. The molecular formula is C11H21N3O6. The molecule has 0 radical (unpaired) electrons. The van der Waals surface area contributed by atoms with Crippen molar-refractivity contribution in [2.45, 2.75) is 19.1 Å². The number of rotatable bonds is 8. The molecular weight excluding hydrogens is 270 g/mol. The molecule has 0 rings (SSSR count). The van der Waals surface area contributed by atoms with Crippen molar-refractivity contribution in [2.75, 3.05) is 33.9 Å². The molecule has 9 nitrogen and oxygen atoms in total. The number of methoxy groups -OCH3 is 1. The molecule has 0 bridgehead atoms. The number of ether oxygens (including phenoxy) is 1. The van der Waals surface area contributed by atoms with Crippen LogP contribution in [0, 0.1) is 0 Å². The summed E-state index contributed by atoms with van der Waals surface area (Å²) in [4.78, 5) is 34.9. The first-order chi connectivity index (χ1) is 9.29. The Morgan fingerprint density at radius 2 is 1.95 bits per heavy atom. The lowest BCUT2D eigenvalue weighted by Gasteiger charge is -2.22. The number of hydrogen-bond acceptors (Lipinski definition) is 5. The first-order valence-corrected chi connectivity index (χ1v) is 5.97. The summed E-state index contributed by atoms with van der Waals surface area (Å²) in [7, 11) is 2.83. The topological polar surface area (TPSA) is 128 Å². The van der Waals surface area contributed by atoms with E-state index in [4.69, 9.17) is 9.84 Å². The second kappa shape index (κ2) is 9.10. The standard InChI is InChI=1S/C11H21N3O6/c1-7(15)9(10(17)18)13-11(19)14(2)6-8(16)12-4-5-20-3/h7,9,15H,4-6H2,1-3H3,(H,12,16)(H,13,19)(H,17,18). The third-order valence-electron chi connectivity index (χ3n) is 2.38. The van der Waals surface area contributed by atoms with Crippen molar-refractivity contribution in [1.29, 1.82) is 0 Å². The Labute approximate surface area is 116 Å². The molecule has 2 unspecified atom stereocenters. The average molecular weight is 291 g/mol. The molecule has 0 aromatic rings. The summed E-state index contributed by atoms with van der Waals surface area (Å²) in [5, 5.41) is 22.7. The fourth-order valence-corrected chi connectivity index (χ4v) is 1.27. The van der Waals surface area contributed by atoms with E-state index < -0.39 is 30.1 Å². The predicted molar refractivity (Wildman–Crippen MR) is 69.2 cm³/mol. The van der Waals surface area contributed by atoms with E-state index in [0.717, 1.165) is 4.90 Å². The molecule has 0 heterocycles. The van der Waals surface area contributed by atoms with Crippen LogP contribution in [0.3, 0.4) is 0 Å². The molecule has 20 heavy (non-hydrogen) atoms. The largest absolute Gasteiger partial charge is 0.480 e. The van der Waals surface area contributed by atoms with Gasteiger partial charge in [-0.2, -0.15) is 0 Å². The maximum Gasteiger partial charge on any atom is 0.328 e. The van der Waals surface area contributed by atoms with Crippen LogP contribution in [-0.2, 0) is 14.3 Å². The molecule has 116 valence electrons. The van der Waals surface area contributed by atoms with Crippen LogP contribution in [0.4, 0.5) is 4.79 Å². The lowest BCUT2D eigenvalue weighted by molar-refractivity contribution is -0.141. The third kappa shape index (κ3) is 6.90. The predicted octanol–water partition coefficient (Wildman–Crippen LogP) is -1.78. The van der Waals surface area contributed by atoms with Crippen molar-refractivity contribution < 1.29 is 29.3 Å². The van der Waals surface area contributed by atoms with Gasteiger partial charge in [-0.3, -0.25) is 4.79 Å². The number of hydrogen-bond donors (Lipinski definition) is 4. The number of nitrogens with one attached hydrogen (secondary N) is 2. The molecule has 0 saturated heterocycles. The molecule has 0 aliphatic rings. The van der Waals surface area contributed by atoms with E-state index in [2.05, 4.69) is 10.6 Å². The molecule has 0 aromatic heterocycles. The zero-order valence-corrected chi connectivity index (χ0v) is 11.8. The Morgan fingerprint density at radius 1 is 1.35 bits per heavy atom. The van der Waals surface area contributed by atoms with Crippen LogP contribution in [0.2, 0.25) is 0 Å². The van der Waals surface area contributed by atoms with E-state index >= 15 is 0 Å². The van der Waals surface area contributed by atoms with Gasteiger partial charge in [-0.1, -0.05) is 0 Å². The van der Waals surface area contributed by atoms with E-state index in [1.807, 2.05) is 0 Å². The van der Waals surface area contributed by atoms with Crippen LogP contribution >= 0.6 is 0 Å². The van der Waals surface area contributed by atoms with Gasteiger partial charge in [-0.15, -0.1) is 0 Å². The number of aliphatic hydroxyl groups excluding tert-OH is 1. The van der Waals surface area contributed by atoms with E-state index in [1.165, 1.54) is 21.1 Å². The van der Waals surface area contributed by atoms with Gasteiger partial charge in [0.1, 0.15) is 6.54 Å². The van der Waals surface area contributed by atoms with Crippen molar-refractivity contribution in [1.82, 2.24) is 15.5 Å². The lowest BCUT2D eigenvalue weighted by Crippen LogP contribution is -2.53. The minimum atomic E-state index is -1.43. The summed E-state index contributed by atoms with van der Waals surface area (Å²) < 4.78 is 4.75. The minimum Gasteiger partial charge on any atom is -0.480 e. The van der Waals surface area contributed by atoms with E-state index in [-0.39, 0.29) is 6.54 Å². The van der Waals surface area contributed by atoms with E-state index in [1.54, 1.807) is 0 Å². The van der Waals surface area contributed by atoms with Gasteiger partial charge in [0, 0.05) is 20.7 Å². The Kier molecular flexibility index (Phi) is 8.25. The summed E-state index contributed by atoms with van der Waals surface area (Å²) in [6, 6.07) is -2.19. The van der Waals surface area contributed by atoms with Crippen LogP contribution in [0.1, 0.15) is 6.92 Å². The summed E-state index contributed by atoms with van der Waals surface area (Å²) in [6.45, 7) is 1.68. The van der Waals surface area contributed by atoms with Crippen molar-refractivity contribution in [3.63, 3.8) is 0 Å². The fourth-order valence-electron chi connectivity index (χ4n) is 1.27. The number of likely N-dealkylation sites (N-methyl/N-ethyl adjacent to an activating group) is 1. The smallest absolute Gasteiger partial charge is 0.328 e. The number of carbonyl (C=O) groups excluding carboxylic acids is 2. The number of carboxylic acids is 1. The van der Waals surface area contributed by atoms with Gasteiger partial charge in [0.05, 0.1) is 12.7 Å². The molecule has 0 aliphatic heterocycles. The quantitative estimate of drug-likeness (QED) is 0.392. The third-order valence-corrected chi connectivity index (χ3v) is 2.38. The molecule has 0 aliphatic carbocycles. The molecule has 0 aromatic carbocycles. The zero-order chi connectivity index (χ0) is 15.7. The molecule has 2 atom stereocenters. The first kappa shape index (κ1) is 18.1. The first-order valence-electron chi connectivity index (χ1n) is 5.97. The van der Waals surface area contributed by atoms with Crippen molar-refractivity contribution in [3.05, 3.63) is 0 Å². The van der Waals surface area contributed by atoms with E-state index in [9.17, 15) is 19.5 Å². The molecule has 0 saturated carbocycles. The second-order valence-corrected chi connectivity index (χ2v) is 4.20. The Balaban J connectivity index is 4.26. The SMILES string of the molecule is COCCNC(=O)CN(C)C(=O)NC(C(=O)O)C(C)O. The highest BCUT2D eigenvalue weighted by atomic mass is 16.5. The van der Waals surface area contributed by atoms with Crippen LogP contribution in [0.25, 0.3) is 0 Å². The van der Waals surface area contributed by atoms with Crippen molar-refractivity contribution in [3.8, 4) is 0 Å². The van der Waals surface area contributed by atoms with Crippen LogP contribution < -0.4 is 10.6 Å². The monoisotopic (exact) mass is 291 g/mol. The number of amides is 3. The maximum absolute atomic E-state index is 11.7. The maximum atomic E-state index is 11.7. The van der Waals surface area contributed by atoms with Gasteiger partial charge >= 0.3 is 12.0 Å². The summed E-state index contributed by atoms with van der Waals surface area (Å²) >= 11 is 0. The number of aliphatic carboxylic acids is 1. The normalized spacial score (nSPS) is 13.2. The number of carbonyl (C=O) groups is 3. The molecule has 0 fully saturated rings. The highest BCUT2D eigenvalue weighted by Crippen LogP contribution is 1.95. The molecule has 9 heteroatoms. The highest BCUT2D eigenvalue weighted by molar-refractivity contribution is 5.86. The average Bonchev–Trinajstić information content (AvgIpc) is 2.34. The lowest BCUT2D eigenvalue weighted by atomic mass is 10.2. The second-order valence-electron chi connectivity index (χ2n) is 4.20. The van der Waals surface area contributed by atoms with Gasteiger partial charge in [0.2, 0.25) is 5.91 Å². The van der Waals surface area contributed by atoms with Crippen molar-refractivity contribution in [2.24, 2.45) is 0 Å². The van der Waals surface area contributed by atoms with Crippen LogP contribution in [-0.4, -0.2) is 79.0 Å². The van der Waals surface area contributed by atoms with Crippen LogP contribution in [0.15, 0.2) is 0 Å². The van der Waals surface area contributed by atoms with Gasteiger partial charge in [-0.05, 0) is 6.92 Å². The van der Waals surface area contributed by atoms with Gasteiger partial charge < -0.3 is 30.5 Å². The Hall–Kier alpha value is -1.87. The number of nitrogens with zero attached hydrogens (tertiary/aromatic N) is 1. The summed E-state index contributed by atoms with van der Waals surface area (Å²) in [6.07, 6.45) is -1.25. The number of carboxylic acid groups (broad SMARTS) is 1. The van der Waals surface area contributed by atoms with Gasteiger partial charge in [0.25, 0.3) is 0 Å². The fraction of sp³-hybridized carbons (Fsp3) is 0.727. The summed E-state index contributed by atoms with van der Waals surface area (Å²) in [5.74, 6) is -1.75. The van der Waals surface area contributed by atoms with Gasteiger partial charge in [-0.25, -0.2) is 9.59 Å². The molecule has 4 N–H and O–H groups in total. The summed E-state index contributed by atoms with van der Waals surface area (Å²) in [5.41, 5.74) is 0. The molecule has 3 amide bonds. The van der Waals surface area contributed by atoms with Crippen LogP contribution in [0.5, 0.6) is 0 Å². The molecule has 0 spiro atoms. The van der Waals surface area contributed by atoms with Gasteiger partial charge in [0.15, 0.2) is 6.04 Å². The minimum absolute atomic E-state index is 0.234. The van der Waals surface area contributed by atoms with Crippen molar-refractivity contribution >= 4 is 17.9 Å². The van der Waals surface area contributed by atoms with E-state index in [0.29, 0.717) is 13.2 Å². The Bertz CT molecular complexity index is 347. The Morgan fingerprint density at radius 3 is 2.40 bits per heavy atom. The highest BCUT2D eigenvalue weighted by Gasteiger charge is 2.26.